The summed E-state index contributed by atoms with van der Waals surface area (Å²) in [7, 11) is 3.91. The van der Waals surface area contributed by atoms with Gasteiger partial charge < -0.3 is 15.0 Å². The molecular formula is C21H23N3O3. The average Bonchev–Trinajstić information content (AvgIpc) is 2.68. The molecule has 6 heteroatoms. The van der Waals surface area contributed by atoms with Gasteiger partial charge in [-0.1, -0.05) is 42.5 Å². The number of benzene rings is 2. The van der Waals surface area contributed by atoms with Crippen molar-refractivity contribution in [3.8, 4) is 0 Å². The van der Waals surface area contributed by atoms with E-state index in [2.05, 4.69) is 10.3 Å². The van der Waals surface area contributed by atoms with E-state index in [4.69, 9.17) is 4.74 Å². The predicted molar refractivity (Wildman–Crippen MR) is 105 cm³/mol. The number of aliphatic imine (C=N–C) groups is 1. The van der Waals surface area contributed by atoms with Crippen molar-refractivity contribution >= 4 is 23.4 Å². The summed E-state index contributed by atoms with van der Waals surface area (Å²) >= 11 is 0. The predicted octanol–water partition coefficient (Wildman–Crippen LogP) is 3.19. The van der Waals surface area contributed by atoms with Crippen LogP contribution < -0.4 is 10.2 Å². The molecule has 2 atom stereocenters. The molecule has 0 aliphatic carbocycles. The molecule has 27 heavy (non-hydrogen) atoms. The van der Waals surface area contributed by atoms with Gasteiger partial charge in [-0.25, -0.2) is 4.79 Å². The van der Waals surface area contributed by atoms with Crippen LogP contribution in [0.15, 0.2) is 59.6 Å². The van der Waals surface area contributed by atoms with Crippen molar-refractivity contribution in [3.05, 3.63) is 65.7 Å². The molecule has 0 bridgehead atoms. The van der Waals surface area contributed by atoms with Crippen LogP contribution in [0, 0.1) is 5.92 Å². The van der Waals surface area contributed by atoms with Crippen LogP contribution in [0.4, 0.5) is 10.5 Å². The van der Waals surface area contributed by atoms with E-state index in [0.29, 0.717) is 5.71 Å². The normalized spacial score (nSPS) is 19.1. The van der Waals surface area contributed by atoms with E-state index >= 15 is 0 Å². The number of carbonyl (C=O) groups is 2. The summed E-state index contributed by atoms with van der Waals surface area (Å²) in [5.41, 5.74) is 3.03. The van der Waals surface area contributed by atoms with Gasteiger partial charge in [0.2, 0.25) is 0 Å². The number of esters is 1. The first-order chi connectivity index (χ1) is 13.0. The Bertz CT molecular complexity index is 845. The minimum atomic E-state index is -0.713. The molecule has 1 heterocycles. The second kappa shape index (κ2) is 8.03. The van der Waals surface area contributed by atoms with Crippen LogP contribution in [0.25, 0.3) is 0 Å². The zero-order chi connectivity index (χ0) is 19.4. The van der Waals surface area contributed by atoms with Gasteiger partial charge in [0.05, 0.1) is 18.4 Å². The smallest absolute Gasteiger partial charge is 0.341 e. The molecule has 0 spiro atoms. The maximum atomic E-state index is 12.8. The van der Waals surface area contributed by atoms with Crippen LogP contribution in [0.5, 0.6) is 0 Å². The van der Waals surface area contributed by atoms with Crippen molar-refractivity contribution in [3.63, 3.8) is 0 Å². The Kier molecular flexibility index (Phi) is 5.54. The number of ether oxygens (including phenoxy) is 1. The Morgan fingerprint density at radius 1 is 1.11 bits per heavy atom. The molecule has 140 valence electrons. The fourth-order valence-corrected chi connectivity index (χ4v) is 3.17. The van der Waals surface area contributed by atoms with Gasteiger partial charge >= 0.3 is 12.0 Å². The van der Waals surface area contributed by atoms with E-state index in [1.54, 1.807) is 6.92 Å². The van der Waals surface area contributed by atoms with Crippen molar-refractivity contribution in [2.24, 2.45) is 10.9 Å². The number of carbonyl (C=O) groups excluding carboxylic acids is 2. The number of hydrogen-bond donors (Lipinski definition) is 1. The number of urea groups is 1. The van der Waals surface area contributed by atoms with Crippen molar-refractivity contribution in [2.45, 2.75) is 13.0 Å². The van der Waals surface area contributed by atoms with E-state index in [0.717, 1.165) is 16.8 Å². The quantitative estimate of drug-likeness (QED) is 0.826. The van der Waals surface area contributed by atoms with Crippen molar-refractivity contribution in [1.82, 2.24) is 5.32 Å². The summed E-state index contributed by atoms with van der Waals surface area (Å²) in [4.78, 5) is 31.2. The van der Waals surface area contributed by atoms with E-state index in [1.807, 2.05) is 73.6 Å². The highest BCUT2D eigenvalue weighted by Gasteiger charge is 2.40. The lowest BCUT2D eigenvalue weighted by molar-refractivity contribution is -0.146. The van der Waals surface area contributed by atoms with Crippen LogP contribution >= 0.6 is 0 Å². The Morgan fingerprint density at radius 2 is 1.78 bits per heavy atom. The Balaban J connectivity index is 2.05. The zero-order valence-electron chi connectivity index (χ0n) is 15.7. The molecule has 3 rings (SSSR count). The third-order valence-electron chi connectivity index (χ3n) is 4.51. The standard InChI is InChI=1S/C21H23N3O3/c1-4-27-20(25)17-18(14-8-6-5-7-9-14)22-21(26)23-19(17)15-10-12-16(13-11-15)24(2)3/h5-13,17,19H,4H2,1-3H3,(H,23,26). The third-order valence-corrected chi connectivity index (χ3v) is 4.51. The Morgan fingerprint density at radius 3 is 2.37 bits per heavy atom. The highest BCUT2D eigenvalue weighted by molar-refractivity contribution is 6.17. The van der Waals surface area contributed by atoms with Gasteiger partial charge in [0.25, 0.3) is 0 Å². The summed E-state index contributed by atoms with van der Waals surface area (Å²) in [6.45, 7) is 2.02. The van der Waals surface area contributed by atoms with E-state index < -0.39 is 24.0 Å². The molecule has 0 saturated carbocycles. The van der Waals surface area contributed by atoms with Gasteiger partial charge in [-0.15, -0.1) is 0 Å². The molecule has 2 aromatic carbocycles. The van der Waals surface area contributed by atoms with Gasteiger partial charge in [-0.2, -0.15) is 4.99 Å². The third kappa shape index (κ3) is 4.00. The first kappa shape index (κ1) is 18.6. The molecule has 6 nitrogen and oxygen atoms in total. The van der Waals surface area contributed by atoms with Gasteiger partial charge in [-0.3, -0.25) is 4.79 Å². The van der Waals surface area contributed by atoms with Gasteiger partial charge in [0.1, 0.15) is 5.92 Å². The summed E-state index contributed by atoms with van der Waals surface area (Å²) < 4.78 is 5.30. The first-order valence-electron chi connectivity index (χ1n) is 8.89. The maximum Gasteiger partial charge on any atom is 0.341 e. The monoisotopic (exact) mass is 365 g/mol. The SMILES string of the molecule is CCOC(=O)C1C(c2ccccc2)=NC(=O)NC1c1ccc(N(C)C)cc1. The number of anilines is 1. The minimum absolute atomic E-state index is 0.262. The summed E-state index contributed by atoms with van der Waals surface area (Å²) in [5.74, 6) is -1.11. The van der Waals surface area contributed by atoms with Crippen molar-refractivity contribution < 1.29 is 14.3 Å². The topological polar surface area (TPSA) is 71.0 Å². The fraction of sp³-hybridized carbons (Fsp3) is 0.286. The molecule has 0 fully saturated rings. The van der Waals surface area contributed by atoms with Crippen LogP contribution in [-0.4, -0.2) is 38.4 Å². The molecule has 0 saturated heterocycles. The molecule has 2 aromatic rings. The van der Waals surface area contributed by atoms with Gasteiger partial charge in [0, 0.05) is 19.8 Å². The second-order valence-corrected chi connectivity index (χ2v) is 6.51. The number of hydrogen-bond acceptors (Lipinski definition) is 4. The zero-order valence-corrected chi connectivity index (χ0v) is 15.7. The molecule has 2 amide bonds. The van der Waals surface area contributed by atoms with Crippen LogP contribution in [-0.2, 0) is 9.53 Å². The summed E-state index contributed by atoms with van der Waals surface area (Å²) in [6.07, 6.45) is 0. The van der Waals surface area contributed by atoms with Crippen molar-refractivity contribution in [1.29, 1.82) is 0 Å². The van der Waals surface area contributed by atoms with Gasteiger partial charge in [0.15, 0.2) is 0 Å². The number of amides is 2. The minimum Gasteiger partial charge on any atom is -0.465 e. The lowest BCUT2D eigenvalue weighted by Gasteiger charge is -2.31. The lowest BCUT2D eigenvalue weighted by Crippen LogP contribution is -2.45. The Labute approximate surface area is 158 Å². The molecule has 2 unspecified atom stereocenters. The largest absolute Gasteiger partial charge is 0.465 e. The highest BCUT2D eigenvalue weighted by atomic mass is 16.5. The average molecular weight is 365 g/mol. The second-order valence-electron chi connectivity index (χ2n) is 6.51. The molecule has 1 N–H and O–H groups in total. The lowest BCUT2D eigenvalue weighted by atomic mass is 9.84. The van der Waals surface area contributed by atoms with Gasteiger partial charge in [-0.05, 0) is 30.2 Å². The molecule has 0 aromatic heterocycles. The van der Waals surface area contributed by atoms with Crippen molar-refractivity contribution in [2.75, 3.05) is 25.6 Å². The van der Waals surface area contributed by atoms with Crippen LogP contribution in [0.3, 0.4) is 0 Å². The summed E-state index contributed by atoms with van der Waals surface area (Å²) in [6, 6.07) is 16.0. The van der Waals surface area contributed by atoms with E-state index in [9.17, 15) is 9.59 Å². The molecular weight excluding hydrogens is 342 g/mol. The molecule has 1 aliphatic rings. The summed E-state index contributed by atoms with van der Waals surface area (Å²) in [5, 5.41) is 2.83. The number of nitrogens with zero attached hydrogens (tertiary/aromatic N) is 2. The number of nitrogens with one attached hydrogen (secondary N) is 1. The van der Waals surface area contributed by atoms with E-state index in [1.165, 1.54) is 0 Å². The highest BCUT2D eigenvalue weighted by Crippen LogP contribution is 2.31. The number of rotatable bonds is 5. The van der Waals surface area contributed by atoms with E-state index in [-0.39, 0.29) is 6.61 Å². The van der Waals surface area contributed by atoms with Crippen LogP contribution in [0.1, 0.15) is 24.1 Å². The first-order valence-corrected chi connectivity index (χ1v) is 8.89. The fourth-order valence-electron chi connectivity index (χ4n) is 3.17. The molecule has 0 radical (unpaired) electrons. The molecule has 1 aliphatic heterocycles. The maximum absolute atomic E-state index is 12.8. The Hall–Kier alpha value is -3.15. The van der Waals surface area contributed by atoms with Crippen LogP contribution in [0.2, 0.25) is 0 Å².